The van der Waals surface area contributed by atoms with Gasteiger partial charge in [0.05, 0.1) is 6.61 Å². The van der Waals surface area contributed by atoms with E-state index in [4.69, 9.17) is 15.2 Å². The fourth-order valence-electron chi connectivity index (χ4n) is 1.68. The molecule has 18 heavy (non-hydrogen) atoms. The Morgan fingerprint density at radius 1 is 1.11 bits per heavy atom. The summed E-state index contributed by atoms with van der Waals surface area (Å²) < 4.78 is 10.8. The van der Waals surface area contributed by atoms with Gasteiger partial charge in [-0.05, 0) is 38.1 Å². The van der Waals surface area contributed by atoms with E-state index >= 15 is 0 Å². The minimum atomic E-state index is 0.496. The molecule has 1 aromatic rings. The van der Waals surface area contributed by atoms with Gasteiger partial charge < -0.3 is 15.2 Å². The first kappa shape index (κ1) is 14.8. The number of hydrogen-bond acceptors (Lipinski definition) is 4. The summed E-state index contributed by atoms with van der Waals surface area (Å²) in [7, 11) is 1.73. The van der Waals surface area contributed by atoms with Gasteiger partial charge in [0.15, 0.2) is 0 Å². The molecule has 2 N–H and O–H groups in total. The zero-order valence-corrected chi connectivity index (χ0v) is 11.6. The third kappa shape index (κ3) is 5.38. The van der Waals surface area contributed by atoms with Gasteiger partial charge in [0.1, 0.15) is 12.4 Å². The molecule has 0 fully saturated rings. The lowest BCUT2D eigenvalue weighted by molar-refractivity contribution is 0.116. The van der Waals surface area contributed by atoms with Gasteiger partial charge in [-0.2, -0.15) is 0 Å². The van der Waals surface area contributed by atoms with Crippen molar-refractivity contribution in [2.24, 2.45) is 0 Å². The second-order valence-electron chi connectivity index (χ2n) is 4.54. The molecule has 102 valence electrons. The molecule has 4 nitrogen and oxygen atoms in total. The highest BCUT2D eigenvalue weighted by Crippen LogP contribution is 2.13. The Balaban J connectivity index is 2.31. The predicted octanol–water partition coefficient (Wildman–Crippen LogP) is 2.00. The van der Waals surface area contributed by atoms with Crippen LogP contribution in [-0.4, -0.2) is 44.4 Å². The molecule has 0 spiro atoms. The van der Waals surface area contributed by atoms with Crippen LogP contribution in [0.3, 0.4) is 0 Å². The molecular formula is C14H24N2O2. The molecular weight excluding hydrogens is 228 g/mol. The Kier molecular flexibility index (Phi) is 6.54. The van der Waals surface area contributed by atoms with Crippen LogP contribution in [0.25, 0.3) is 0 Å². The zero-order chi connectivity index (χ0) is 13.4. The Morgan fingerprint density at radius 3 is 2.28 bits per heavy atom. The lowest BCUT2D eigenvalue weighted by Crippen LogP contribution is -2.37. The van der Waals surface area contributed by atoms with Crippen molar-refractivity contribution in [1.29, 1.82) is 0 Å². The summed E-state index contributed by atoms with van der Waals surface area (Å²) in [5.74, 6) is 0.861. The number of rotatable bonds is 8. The normalized spacial score (nSPS) is 11.2. The molecule has 1 aromatic carbocycles. The minimum absolute atomic E-state index is 0.496. The van der Waals surface area contributed by atoms with Gasteiger partial charge in [-0.1, -0.05) is 0 Å². The highest BCUT2D eigenvalue weighted by molar-refractivity contribution is 5.41. The van der Waals surface area contributed by atoms with E-state index in [1.807, 2.05) is 24.3 Å². The van der Waals surface area contributed by atoms with Gasteiger partial charge in [0.25, 0.3) is 0 Å². The molecule has 0 aliphatic heterocycles. The van der Waals surface area contributed by atoms with E-state index in [1.54, 1.807) is 7.11 Å². The van der Waals surface area contributed by atoms with E-state index < -0.39 is 0 Å². The SMILES string of the molecule is COCCN(CCOc1ccc(N)cc1)C(C)C. The van der Waals surface area contributed by atoms with Crippen molar-refractivity contribution in [3.8, 4) is 5.75 Å². The van der Waals surface area contributed by atoms with Crippen molar-refractivity contribution in [1.82, 2.24) is 4.90 Å². The van der Waals surface area contributed by atoms with Gasteiger partial charge in [-0.3, -0.25) is 4.90 Å². The summed E-state index contributed by atoms with van der Waals surface area (Å²) in [6.45, 7) is 7.61. The van der Waals surface area contributed by atoms with Crippen molar-refractivity contribution in [3.63, 3.8) is 0 Å². The molecule has 0 atom stereocenters. The highest BCUT2D eigenvalue weighted by atomic mass is 16.5. The van der Waals surface area contributed by atoms with E-state index in [2.05, 4.69) is 18.7 Å². The number of ether oxygens (including phenoxy) is 2. The largest absolute Gasteiger partial charge is 0.492 e. The second kappa shape index (κ2) is 7.95. The van der Waals surface area contributed by atoms with Crippen LogP contribution >= 0.6 is 0 Å². The number of nitrogen functional groups attached to an aromatic ring is 1. The van der Waals surface area contributed by atoms with Crippen molar-refractivity contribution in [2.45, 2.75) is 19.9 Å². The van der Waals surface area contributed by atoms with Crippen molar-refractivity contribution >= 4 is 5.69 Å². The maximum Gasteiger partial charge on any atom is 0.119 e. The summed E-state index contributed by atoms with van der Waals surface area (Å²) in [6, 6.07) is 7.98. The molecule has 0 bridgehead atoms. The van der Waals surface area contributed by atoms with Gasteiger partial charge in [0.2, 0.25) is 0 Å². The summed E-state index contributed by atoms with van der Waals surface area (Å²) in [5.41, 5.74) is 6.38. The number of anilines is 1. The first-order valence-corrected chi connectivity index (χ1v) is 6.35. The topological polar surface area (TPSA) is 47.7 Å². The molecule has 0 aliphatic rings. The van der Waals surface area contributed by atoms with Crippen LogP contribution in [0.2, 0.25) is 0 Å². The predicted molar refractivity (Wildman–Crippen MR) is 74.9 cm³/mol. The van der Waals surface area contributed by atoms with Gasteiger partial charge >= 0.3 is 0 Å². The average molecular weight is 252 g/mol. The molecule has 0 aromatic heterocycles. The maximum absolute atomic E-state index is 5.68. The Bertz CT molecular complexity index is 325. The van der Waals surface area contributed by atoms with E-state index in [0.717, 1.165) is 31.1 Å². The Hall–Kier alpha value is -1.26. The van der Waals surface area contributed by atoms with Crippen molar-refractivity contribution in [2.75, 3.05) is 39.1 Å². The number of nitrogens with zero attached hydrogens (tertiary/aromatic N) is 1. The molecule has 0 saturated carbocycles. The maximum atomic E-state index is 5.68. The molecule has 0 amide bonds. The monoisotopic (exact) mass is 252 g/mol. The van der Waals surface area contributed by atoms with Crippen molar-refractivity contribution < 1.29 is 9.47 Å². The van der Waals surface area contributed by atoms with Crippen LogP contribution in [0.4, 0.5) is 5.69 Å². The van der Waals surface area contributed by atoms with Crippen LogP contribution < -0.4 is 10.5 Å². The minimum Gasteiger partial charge on any atom is -0.492 e. The van der Waals surface area contributed by atoms with Crippen LogP contribution in [0.5, 0.6) is 5.75 Å². The molecule has 0 radical (unpaired) electrons. The first-order chi connectivity index (χ1) is 8.63. The van der Waals surface area contributed by atoms with Gasteiger partial charge in [-0.15, -0.1) is 0 Å². The average Bonchev–Trinajstić information content (AvgIpc) is 2.35. The molecule has 4 heteroatoms. The summed E-state index contributed by atoms with van der Waals surface area (Å²) in [5, 5.41) is 0. The van der Waals surface area contributed by atoms with E-state index in [1.165, 1.54) is 0 Å². The van der Waals surface area contributed by atoms with E-state index in [0.29, 0.717) is 12.6 Å². The number of benzene rings is 1. The lowest BCUT2D eigenvalue weighted by Gasteiger charge is -2.25. The van der Waals surface area contributed by atoms with Crippen molar-refractivity contribution in [3.05, 3.63) is 24.3 Å². The molecule has 0 aliphatic carbocycles. The Morgan fingerprint density at radius 2 is 1.72 bits per heavy atom. The second-order valence-corrected chi connectivity index (χ2v) is 4.54. The number of nitrogens with two attached hydrogens (primary N) is 1. The molecule has 0 heterocycles. The zero-order valence-electron chi connectivity index (χ0n) is 11.6. The number of hydrogen-bond donors (Lipinski definition) is 1. The fraction of sp³-hybridized carbons (Fsp3) is 0.571. The molecule has 0 saturated heterocycles. The summed E-state index contributed by atoms with van der Waals surface area (Å²) in [4.78, 5) is 2.33. The summed E-state index contributed by atoms with van der Waals surface area (Å²) in [6.07, 6.45) is 0. The van der Waals surface area contributed by atoms with Crippen LogP contribution in [0.15, 0.2) is 24.3 Å². The quantitative estimate of drug-likeness (QED) is 0.719. The molecule has 0 unspecified atom stereocenters. The third-order valence-corrected chi connectivity index (χ3v) is 2.84. The Labute approximate surface area is 110 Å². The third-order valence-electron chi connectivity index (χ3n) is 2.84. The van der Waals surface area contributed by atoms with Crippen LogP contribution in [0, 0.1) is 0 Å². The van der Waals surface area contributed by atoms with E-state index in [9.17, 15) is 0 Å². The molecule has 1 rings (SSSR count). The standard InChI is InChI=1S/C14H24N2O2/c1-12(2)16(8-10-17-3)9-11-18-14-6-4-13(15)5-7-14/h4-7,12H,8-11,15H2,1-3H3. The van der Waals surface area contributed by atoms with E-state index in [-0.39, 0.29) is 0 Å². The summed E-state index contributed by atoms with van der Waals surface area (Å²) >= 11 is 0. The first-order valence-electron chi connectivity index (χ1n) is 6.35. The van der Waals surface area contributed by atoms with Gasteiger partial charge in [0, 0.05) is 31.9 Å². The highest BCUT2D eigenvalue weighted by Gasteiger charge is 2.08. The van der Waals surface area contributed by atoms with Gasteiger partial charge in [-0.25, -0.2) is 0 Å². The smallest absolute Gasteiger partial charge is 0.119 e. The fourth-order valence-corrected chi connectivity index (χ4v) is 1.68. The van der Waals surface area contributed by atoms with Crippen LogP contribution in [-0.2, 0) is 4.74 Å². The number of methoxy groups -OCH3 is 1. The lowest BCUT2D eigenvalue weighted by atomic mass is 10.3. The van der Waals surface area contributed by atoms with Crippen LogP contribution in [0.1, 0.15) is 13.8 Å².